The third kappa shape index (κ3) is 7.08. The van der Waals surface area contributed by atoms with Crippen LogP contribution in [0.5, 0.6) is 5.75 Å². The Morgan fingerprint density at radius 1 is 1.08 bits per heavy atom. The van der Waals surface area contributed by atoms with Crippen LogP contribution < -0.4 is 15.5 Å². The lowest BCUT2D eigenvalue weighted by Crippen LogP contribution is -2.49. The summed E-state index contributed by atoms with van der Waals surface area (Å²) in [4.78, 5) is 30.6. The smallest absolute Gasteiger partial charge is 0.251 e. The molecule has 2 aliphatic heterocycles. The number of morpholine rings is 1. The highest BCUT2D eigenvalue weighted by atomic mass is 35.5. The fourth-order valence-electron chi connectivity index (χ4n) is 4.93. The fourth-order valence-corrected chi connectivity index (χ4v) is 5.46. The van der Waals surface area contributed by atoms with Gasteiger partial charge in [-0.25, -0.2) is 0 Å². The summed E-state index contributed by atoms with van der Waals surface area (Å²) in [6, 6.07) is 11.8. The van der Waals surface area contributed by atoms with Crippen LogP contribution in [0, 0.1) is 11.3 Å². The summed E-state index contributed by atoms with van der Waals surface area (Å²) >= 11 is 12.0. The lowest BCUT2D eigenvalue weighted by atomic mass is 10.0. The van der Waals surface area contributed by atoms with Crippen molar-refractivity contribution in [2.24, 2.45) is 0 Å². The van der Waals surface area contributed by atoms with Gasteiger partial charge in [-0.3, -0.25) is 14.5 Å². The molecular formula is C27H31Cl2N5O4. The number of nitrogens with zero attached hydrogens (tertiary/aromatic N) is 3. The van der Waals surface area contributed by atoms with E-state index in [1.807, 2.05) is 18.2 Å². The van der Waals surface area contributed by atoms with Crippen LogP contribution in [0.3, 0.4) is 0 Å². The van der Waals surface area contributed by atoms with E-state index in [1.54, 1.807) is 12.1 Å². The van der Waals surface area contributed by atoms with E-state index in [2.05, 4.69) is 20.4 Å². The molecule has 0 radical (unpaired) electrons. The van der Waals surface area contributed by atoms with Crippen molar-refractivity contribution in [3.63, 3.8) is 0 Å². The van der Waals surface area contributed by atoms with E-state index in [-0.39, 0.29) is 28.8 Å². The second-order valence-corrected chi connectivity index (χ2v) is 10.2. The Balaban J connectivity index is 1.38. The zero-order valence-corrected chi connectivity index (χ0v) is 22.5. The highest BCUT2D eigenvalue weighted by Gasteiger charge is 2.26. The minimum Gasteiger partial charge on any atom is -0.505 e. The molecule has 2 saturated heterocycles. The van der Waals surface area contributed by atoms with Crippen molar-refractivity contribution in [1.82, 2.24) is 15.5 Å². The number of benzene rings is 2. The Morgan fingerprint density at radius 2 is 1.71 bits per heavy atom. The van der Waals surface area contributed by atoms with Crippen molar-refractivity contribution in [1.29, 1.82) is 5.26 Å². The first-order valence-electron chi connectivity index (χ1n) is 12.6. The first-order valence-corrected chi connectivity index (χ1v) is 13.4. The molecule has 11 heteroatoms. The number of ether oxygens (including phenoxy) is 1. The van der Waals surface area contributed by atoms with E-state index in [0.29, 0.717) is 17.2 Å². The molecular weight excluding hydrogens is 529 g/mol. The largest absolute Gasteiger partial charge is 0.505 e. The lowest BCUT2D eigenvalue weighted by Gasteiger charge is -2.40. The van der Waals surface area contributed by atoms with Crippen LogP contribution in [0.15, 0.2) is 36.4 Å². The number of amides is 2. The number of phenols is 1. The van der Waals surface area contributed by atoms with Crippen molar-refractivity contribution >= 4 is 40.7 Å². The van der Waals surface area contributed by atoms with Gasteiger partial charge in [-0.2, -0.15) is 5.26 Å². The highest BCUT2D eigenvalue weighted by molar-refractivity contribution is 6.37. The number of carbonyl (C=O) groups excluding carboxylic acids is 2. The summed E-state index contributed by atoms with van der Waals surface area (Å²) < 4.78 is 5.47. The first kappa shape index (κ1) is 28.0. The van der Waals surface area contributed by atoms with E-state index in [1.165, 1.54) is 12.1 Å². The maximum absolute atomic E-state index is 13.0. The topological polar surface area (TPSA) is 118 Å². The summed E-state index contributed by atoms with van der Waals surface area (Å²) in [6.45, 7) is 5.31. The number of hydrogen-bond donors (Lipinski definition) is 3. The predicted molar refractivity (Wildman–Crippen MR) is 146 cm³/mol. The molecule has 38 heavy (non-hydrogen) atoms. The first-order chi connectivity index (χ1) is 18.4. The summed E-state index contributed by atoms with van der Waals surface area (Å²) in [5.41, 5.74) is 2.02. The third-order valence-electron chi connectivity index (χ3n) is 7.00. The minimum atomic E-state index is -0.980. The number of piperidine rings is 1. The van der Waals surface area contributed by atoms with Gasteiger partial charge in [0.15, 0.2) is 5.75 Å². The molecule has 0 aliphatic carbocycles. The number of anilines is 1. The van der Waals surface area contributed by atoms with Crippen LogP contribution in [-0.4, -0.2) is 79.8 Å². The number of halogens is 2. The zero-order chi connectivity index (χ0) is 27.1. The van der Waals surface area contributed by atoms with Gasteiger partial charge in [-0.05, 0) is 54.8 Å². The number of rotatable bonds is 8. The average Bonchev–Trinajstić information content (AvgIpc) is 2.95. The van der Waals surface area contributed by atoms with Gasteiger partial charge in [0.05, 0.1) is 29.3 Å². The molecule has 0 spiro atoms. The number of aromatic hydroxyl groups is 1. The SMILES string of the molecule is N#CCNC(=O)C(Cc1cc(Cl)c(O)c(Cl)c1)NC(=O)c1ccc(N2CCC(N3CCOCC3)CC2)cc1. The Bertz CT molecular complexity index is 1150. The fraction of sp³-hybridized carbons (Fsp3) is 0.444. The van der Waals surface area contributed by atoms with Crippen LogP contribution >= 0.6 is 23.2 Å². The summed E-state index contributed by atoms with van der Waals surface area (Å²) in [5.74, 6) is -1.19. The second-order valence-electron chi connectivity index (χ2n) is 9.43. The Labute approximate surface area is 232 Å². The number of hydrogen-bond acceptors (Lipinski definition) is 7. The average molecular weight is 560 g/mol. The summed E-state index contributed by atoms with van der Waals surface area (Å²) in [5, 5.41) is 24.0. The molecule has 2 fully saturated rings. The van der Waals surface area contributed by atoms with Crippen molar-refractivity contribution in [2.45, 2.75) is 31.3 Å². The van der Waals surface area contributed by atoms with E-state index in [0.717, 1.165) is 57.9 Å². The monoisotopic (exact) mass is 559 g/mol. The van der Waals surface area contributed by atoms with Gasteiger partial charge < -0.3 is 25.4 Å². The molecule has 4 rings (SSSR count). The molecule has 2 aliphatic rings. The van der Waals surface area contributed by atoms with Gasteiger partial charge in [0.25, 0.3) is 5.91 Å². The van der Waals surface area contributed by atoms with Gasteiger partial charge in [-0.1, -0.05) is 23.2 Å². The normalized spacial score (nSPS) is 17.4. The van der Waals surface area contributed by atoms with Crippen molar-refractivity contribution < 1.29 is 19.4 Å². The lowest BCUT2D eigenvalue weighted by molar-refractivity contribution is -0.122. The van der Waals surface area contributed by atoms with Gasteiger partial charge in [-0.15, -0.1) is 0 Å². The Morgan fingerprint density at radius 3 is 2.32 bits per heavy atom. The summed E-state index contributed by atoms with van der Waals surface area (Å²) in [7, 11) is 0. The standard InChI is InChI=1S/C27H31Cl2N5O4/c28-22-15-18(16-23(29)25(22)35)17-24(27(37)31-8-7-30)32-26(36)19-1-3-20(4-2-19)33-9-5-21(6-10-33)34-11-13-38-14-12-34/h1-4,15-16,21,24,35H,5-6,8-14,17H2,(H,31,37)(H,32,36). The molecule has 2 heterocycles. The molecule has 0 aromatic heterocycles. The van der Waals surface area contributed by atoms with Crippen molar-refractivity contribution in [2.75, 3.05) is 50.8 Å². The Kier molecular flexibility index (Phi) is 9.69. The van der Waals surface area contributed by atoms with E-state index in [9.17, 15) is 14.7 Å². The van der Waals surface area contributed by atoms with Gasteiger partial charge >= 0.3 is 0 Å². The zero-order valence-electron chi connectivity index (χ0n) is 21.0. The molecule has 9 nitrogen and oxygen atoms in total. The quantitative estimate of drug-likeness (QED) is 0.425. The summed E-state index contributed by atoms with van der Waals surface area (Å²) in [6.07, 6.45) is 2.25. The van der Waals surface area contributed by atoms with Crippen LogP contribution in [0.25, 0.3) is 0 Å². The molecule has 3 N–H and O–H groups in total. The maximum atomic E-state index is 13.0. The second kappa shape index (κ2) is 13.2. The van der Waals surface area contributed by atoms with Crippen molar-refractivity contribution in [3.8, 4) is 11.8 Å². The number of phenolic OH excluding ortho intramolecular Hbond substituents is 1. The third-order valence-corrected chi connectivity index (χ3v) is 7.58. The molecule has 2 aromatic rings. The predicted octanol–water partition coefficient (Wildman–Crippen LogP) is 2.98. The molecule has 2 amide bonds. The van der Waals surface area contributed by atoms with Crippen molar-refractivity contribution in [3.05, 3.63) is 57.6 Å². The van der Waals surface area contributed by atoms with E-state index >= 15 is 0 Å². The van der Waals surface area contributed by atoms with Crippen LogP contribution in [0.4, 0.5) is 5.69 Å². The molecule has 0 bridgehead atoms. The molecule has 1 atom stereocenters. The minimum absolute atomic E-state index is 0.0413. The molecule has 0 saturated carbocycles. The number of nitrogens with one attached hydrogen (secondary N) is 2. The molecule has 2 aromatic carbocycles. The molecule has 202 valence electrons. The van der Waals surface area contributed by atoms with E-state index < -0.39 is 17.9 Å². The number of carbonyl (C=O) groups is 2. The molecule has 1 unspecified atom stereocenters. The number of nitriles is 1. The van der Waals surface area contributed by atoms with E-state index in [4.69, 9.17) is 33.2 Å². The highest BCUT2D eigenvalue weighted by Crippen LogP contribution is 2.33. The van der Waals surface area contributed by atoms with Crippen LogP contribution in [-0.2, 0) is 16.0 Å². The van der Waals surface area contributed by atoms with Crippen LogP contribution in [0.2, 0.25) is 10.0 Å². The van der Waals surface area contributed by atoms with Gasteiger partial charge in [0.2, 0.25) is 5.91 Å². The maximum Gasteiger partial charge on any atom is 0.251 e. The van der Waals surface area contributed by atoms with Gasteiger partial charge in [0, 0.05) is 49.9 Å². The van der Waals surface area contributed by atoms with Crippen LogP contribution in [0.1, 0.15) is 28.8 Å². The van der Waals surface area contributed by atoms with Gasteiger partial charge in [0.1, 0.15) is 12.6 Å². The Hall–Kier alpha value is -3.03.